The third-order valence-corrected chi connectivity index (χ3v) is 4.41. The van der Waals surface area contributed by atoms with E-state index in [1.165, 1.54) is 0 Å². The van der Waals surface area contributed by atoms with Gasteiger partial charge in [-0.2, -0.15) is 0 Å². The smallest absolute Gasteiger partial charge is 0.238 e. The normalized spacial score (nSPS) is 10.5. The maximum Gasteiger partial charge on any atom is 0.238 e. The highest BCUT2D eigenvalue weighted by Gasteiger charge is 2.05. The highest BCUT2D eigenvalue weighted by atomic mass is 16.5. The average molecular weight is 366 g/mol. The van der Waals surface area contributed by atoms with Crippen LogP contribution in [-0.4, -0.2) is 16.0 Å². The molecule has 0 spiro atoms. The van der Waals surface area contributed by atoms with Gasteiger partial charge >= 0.3 is 0 Å². The van der Waals surface area contributed by atoms with Crippen molar-refractivity contribution in [1.82, 2.24) is 10.2 Å². The molecule has 0 amide bonds. The first-order chi connectivity index (χ1) is 13.7. The minimum Gasteiger partial charge on any atom is -0.438 e. The molecule has 4 aromatic rings. The highest BCUT2D eigenvalue weighted by Crippen LogP contribution is 2.26. The standard InChI is InChI=1S/C24H18N2O2/c1-17(27)18-7-9-19(10-8-18)20-11-13-22(14-12-20)28-24-16-15-23(25-26-24)21-5-3-2-4-6-21/h2-16H,1H3. The SMILES string of the molecule is CC(=O)c1ccc(-c2ccc(Oc3ccc(-c4ccccc4)nn3)cc2)cc1. The molecule has 0 atom stereocenters. The molecule has 0 saturated heterocycles. The number of ether oxygens (including phenoxy) is 1. The first-order valence-electron chi connectivity index (χ1n) is 8.97. The van der Waals surface area contributed by atoms with E-state index >= 15 is 0 Å². The monoisotopic (exact) mass is 366 g/mol. The van der Waals surface area contributed by atoms with Crippen LogP contribution in [0.15, 0.2) is 91.0 Å². The van der Waals surface area contributed by atoms with E-state index in [2.05, 4.69) is 10.2 Å². The van der Waals surface area contributed by atoms with Crippen molar-refractivity contribution in [3.8, 4) is 34.0 Å². The average Bonchev–Trinajstić information content (AvgIpc) is 2.75. The molecule has 0 N–H and O–H groups in total. The summed E-state index contributed by atoms with van der Waals surface area (Å²) in [4.78, 5) is 11.4. The minimum absolute atomic E-state index is 0.0645. The van der Waals surface area contributed by atoms with Gasteiger partial charge in [0.25, 0.3) is 0 Å². The van der Waals surface area contributed by atoms with Gasteiger partial charge in [0.2, 0.25) is 5.88 Å². The van der Waals surface area contributed by atoms with E-state index < -0.39 is 0 Å². The number of aromatic nitrogens is 2. The summed E-state index contributed by atoms with van der Waals surface area (Å²) in [6.07, 6.45) is 0. The molecule has 0 aliphatic carbocycles. The second-order valence-corrected chi connectivity index (χ2v) is 6.38. The number of Topliss-reactive ketones (excluding diaryl/α,β-unsaturated/α-hetero) is 1. The van der Waals surface area contributed by atoms with Gasteiger partial charge < -0.3 is 4.74 Å². The van der Waals surface area contributed by atoms with Gasteiger partial charge in [0.15, 0.2) is 5.78 Å². The third kappa shape index (κ3) is 3.96. The summed E-state index contributed by atoms with van der Waals surface area (Å²) in [6.45, 7) is 1.57. The van der Waals surface area contributed by atoms with Crippen LogP contribution < -0.4 is 4.74 Å². The second kappa shape index (κ2) is 7.84. The Morgan fingerprint density at radius 3 is 1.89 bits per heavy atom. The van der Waals surface area contributed by atoms with Crippen LogP contribution in [0.2, 0.25) is 0 Å². The molecule has 28 heavy (non-hydrogen) atoms. The summed E-state index contributed by atoms with van der Waals surface area (Å²) in [5, 5.41) is 8.38. The lowest BCUT2D eigenvalue weighted by molar-refractivity contribution is 0.101. The largest absolute Gasteiger partial charge is 0.438 e. The molecule has 0 bridgehead atoms. The number of ketones is 1. The van der Waals surface area contributed by atoms with Gasteiger partial charge in [0.1, 0.15) is 5.75 Å². The van der Waals surface area contributed by atoms with Crippen molar-refractivity contribution >= 4 is 5.78 Å². The van der Waals surface area contributed by atoms with Crippen molar-refractivity contribution in [3.63, 3.8) is 0 Å². The number of carbonyl (C=O) groups excluding carboxylic acids is 1. The Morgan fingerprint density at radius 2 is 1.32 bits per heavy atom. The lowest BCUT2D eigenvalue weighted by Crippen LogP contribution is -1.92. The van der Waals surface area contributed by atoms with E-state index in [4.69, 9.17) is 4.74 Å². The summed E-state index contributed by atoms with van der Waals surface area (Å²) in [6, 6.07) is 28.9. The minimum atomic E-state index is 0.0645. The molecule has 0 unspecified atom stereocenters. The van der Waals surface area contributed by atoms with Crippen LogP contribution in [-0.2, 0) is 0 Å². The number of nitrogens with zero attached hydrogens (tertiary/aromatic N) is 2. The molecule has 136 valence electrons. The van der Waals surface area contributed by atoms with Gasteiger partial charge in [0.05, 0.1) is 5.69 Å². The van der Waals surface area contributed by atoms with Crippen molar-refractivity contribution in [2.24, 2.45) is 0 Å². The van der Waals surface area contributed by atoms with Crippen molar-refractivity contribution in [2.45, 2.75) is 6.92 Å². The predicted molar refractivity (Wildman–Crippen MR) is 109 cm³/mol. The molecule has 0 fully saturated rings. The first-order valence-corrected chi connectivity index (χ1v) is 8.97. The van der Waals surface area contributed by atoms with Gasteiger partial charge in [-0.1, -0.05) is 66.7 Å². The molecule has 1 heterocycles. The maximum absolute atomic E-state index is 11.4. The number of hydrogen-bond acceptors (Lipinski definition) is 4. The zero-order chi connectivity index (χ0) is 19.3. The van der Waals surface area contributed by atoms with Crippen LogP contribution in [0.25, 0.3) is 22.4 Å². The molecular weight excluding hydrogens is 348 g/mol. The molecule has 0 radical (unpaired) electrons. The van der Waals surface area contributed by atoms with Gasteiger partial charge in [-0.15, -0.1) is 10.2 Å². The van der Waals surface area contributed by atoms with Crippen LogP contribution in [0.4, 0.5) is 0 Å². The fourth-order valence-corrected chi connectivity index (χ4v) is 2.87. The fourth-order valence-electron chi connectivity index (χ4n) is 2.87. The van der Waals surface area contributed by atoms with Crippen molar-refractivity contribution in [2.75, 3.05) is 0 Å². The number of carbonyl (C=O) groups is 1. The molecule has 0 saturated carbocycles. The second-order valence-electron chi connectivity index (χ2n) is 6.38. The van der Waals surface area contributed by atoms with Crippen LogP contribution in [0.1, 0.15) is 17.3 Å². The Balaban J connectivity index is 1.46. The Bertz CT molecular complexity index is 1070. The van der Waals surface area contributed by atoms with Gasteiger partial charge in [-0.3, -0.25) is 4.79 Å². The maximum atomic E-state index is 11.4. The Hall–Kier alpha value is -3.79. The van der Waals surface area contributed by atoms with Crippen molar-refractivity contribution in [1.29, 1.82) is 0 Å². The van der Waals surface area contributed by atoms with Gasteiger partial charge in [-0.05, 0) is 36.2 Å². The van der Waals surface area contributed by atoms with E-state index in [0.29, 0.717) is 17.2 Å². The lowest BCUT2D eigenvalue weighted by atomic mass is 10.0. The molecule has 4 rings (SSSR count). The molecule has 0 aliphatic rings. The molecule has 0 aliphatic heterocycles. The summed E-state index contributed by atoms with van der Waals surface area (Å²) in [5.41, 5.74) is 4.62. The van der Waals surface area contributed by atoms with E-state index in [1.807, 2.05) is 91.0 Å². The Kier molecular flexibility index (Phi) is 4.93. The van der Waals surface area contributed by atoms with Crippen LogP contribution in [0.3, 0.4) is 0 Å². The summed E-state index contributed by atoms with van der Waals surface area (Å²) in [7, 11) is 0. The molecule has 1 aromatic heterocycles. The zero-order valence-corrected chi connectivity index (χ0v) is 15.4. The highest BCUT2D eigenvalue weighted by molar-refractivity contribution is 5.94. The van der Waals surface area contributed by atoms with Crippen LogP contribution >= 0.6 is 0 Å². The van der Waals surface area contributed by atoms with E-state index in [1.54, 1.807) is 6.92 Å². The topological polar surface area (TPSA) is 52.1 Å². The molecule has 3 aromatic carbocycles. The zero-order valence-electron chi connectivity index (χ0n) is 15.4. The predicted octanol–water partition coefficient (Wildman–Crippen LogP) is 5.81. The lowest BCUT2D eigenvalue weighted by Gasteiger charge is -2.07. The number of hydrogen-bond donors (Lipinski definition) is 0. The van der Waals surface area contributed by atoms with Crippen LogP contribution in [0, 0.1) is 0 Å². The summed E-state index contributed by atoms with van der Waals surface area (Å²) >= 11 is 0. The quantitative estimate of drug-likeness (QED) is 0.419. The summed E-state index contributed by atoms with van der Waals surface area (Å²) < 4.78 is 5.79. The van der Waals surface area contributed by atoms with Crippen molar-refractivity contribution in [3.05, 3.63) is 96.6 Å². The number of rotatable bonds is 5. The first kappa shape index (κ1) is 17.6. The van der Waals surface area contributed by atoms with Gasteiger partial charge in [-0.25, -0.2) is 0 Å². The summed E-state index contributed by atoms with van der Waals surface area (Å²) in [5.74, 6) is 1.19. The third-order valence-electron chi connectivity index (χ3n) is 4.41. The number of benzene rings is 3. The van der Waals surface area contributed by atoms with E-state index in [-0.39, 0.29) is 5.78 Å². The molecule has 4 heteroatoms. The van der Waals surface area contributed by atoms with Gasteiger partial charge in [0, 0.05) is 17.2 Å². The Morgan fingerprint density at radius 1 is 0.679 bits per heavy atom. The molecular formula is C24H18N2O2. The van der Waals surface area contributed by atoms with Crippen LogP contribution in [0.5, 0.6) is 11.6 Å². The fraction of sp³-hybridized carbons (Fsp3) is 0.0417. The van der Waals surface area contributed by atoms with E-state index in [9.17, 15) is 4.79 Å². The van der Waals surface area contributed by atoms with E-state index in [0.717, 1.165) is 22.4 Å². The van der Waals surface area contributed by atoms with Crippen molar-refractivity contribution < 1.29 is 9.53 Å². The molecule has 4 nitrogen and oxygen atoms in total. The Labute approximate surface area is 163 Å².